The molecule has 12 heteroatoms. The van der Waals surface area contributed by atoms with E-state index in [1.807, 2.05) is 79.4 Å². The zero-order valence-corrected chi connectivity index (χ0v) is 30.0. The van der Waals surface area contributed by atoms with Crippen LogP contribution in [0.3, 0.4) is 0 Å². The first-order chi connectivity index (χ1) is 24.4. The molecule has 2 bridgehead atoms. The van der Waals surface area contributed by atoms with E-state index in [9.17, 15) is 29.1 Å². The molecule has 0 radical (unpaired) electrons. The second kappa shape index (κ2) is 19.5. The fraction of sp³-hybridized carbons (Fsp3) is 0.564. The van der Waals surface area contributed by atoms with Gasteiger partial charge in [-0.15, -0.1) is 0 Å². The van der Waals surface area contributed by atoms with E-state index >= 15 is 0 Å². The van der Waals surface area contributed by atoms with Crippen molar-refractivity contribution in [3.05, 3.63) is 71.8 Å². The number of fused-ring (bicyclic) bond motifs is 2. The molecule has 3 amide bonds. The Morgan fingerprint density at radius 3 is 1.94 bits per heavy atom. The van der Waals surface area contributed by atoms with Crippen molar-refractivity contribution in [3.63, 3.8) is 0 Å². The lowest BCUT2D eigenvalue weighted by Gasteiger charge is -2.41. The van der Waals surface area contributed by atoms with Crippen molar-refractivity contribution in [1.29, 1.82) is 0 Å². The minimum absolute atomic E-state index is 0.0342. The van der Waals surface area contributed by atoms with Gasteiger partial charge in [0.25, 0.3) is 0 Å². The number of carbonyl (C=O) groups is 5. The van der Waals surface area contributed by atoms with Gasteiger partial charge in [0.1, 0.15) is 6.04 Å². The number of nitrogens with two attached hydrogens (primary N) is 2. The number of nitrogens with zero attached hydrogens (tertiary/aromatic N) is 2. The number of piperazine rings is 1. The minimum atomic E-state index is -0.899. The third-order valence-electron chi connectivity index (χ3n) is 10.0. The van der Waals surface area contributed by atoms with Crippen LogP contribution in [0.2, 0.25) is 0 Å². The number of likely N-dealkylation sites (tertiary alicyclic amines) is 1. The fourth-order valence-corrected chi connectivity index (χ4v) is 7.42. The van der Waals surface area contributed by atoms with Gasteiger partial charge in [-0.2, -0.15) is 0 Å². The molecule has 278 valence electrons. The highest BCUT2D eigenvalue weighted by atomic mass is 16.4. The third kappa shape index (κ3) is 12.0. The Kier molecular flexibility index (Phi) is 15.1. The molecule has 0 spiro atoms. The number of Topliss-reactive ketones (excluding diaryl/α,β-unsaturated/α-hetero) is 1. The van der Waals surface area contributed by atoms with Crippen LogP contribution in [0.25, 0.3) is 0 Å². The molecule has 6 unspecified atom stereocenters. The quantitative estimate of drug-likeness (QED) is 0.129. The number of ketones is 1. The first-order valence-electron chi connectivity index (χ1n) is 18.4. The summed E-state index contributed by atoms with van der Waals surface area (Å²) in [5.74, 6) is -2.81. The highest BCUT2D eigenvalue weighted by molar-refractivity contribution is 5.95. The summed E-state index contributed by atoms with van der Waals surface area (Å²) in [5.41, 5.74) is 13.8. The van der Waals surface area contributed by atoms with Crippen molar-refractivity contribution in [1.82, 2.24) is 20.4 Å². The molecule has 7 N–H and O–H groups in total. The SMILES string of the molecule is CC(C)CC(CC(=O)C(Cc1ccccc1)NC(=O)C(N)Cc1ccccc1)C(=O)NC(CCCCN)C(=O)N1CC2CCC(C1)N2CC(=O)O. The molecule has 6 atom stereocenters. The predicted molar refractivity (Wildman–Crippen MR) is 195 cm³/mol. The lowest BCUT2D eigenvalue weighted by atomic mass is 9.88. The van der Waals surface area contributed by atoms with E-state index in [0.29, 0.717) is 51.7 Å². The summed E-state index contributed by atoms with van der Waals surface area (Å²) in [6.07, 6.45) is 4.24. The molecule has 12 nitrogen and oxygen atoms in total. The van der Waals surface area contributed by atoms with Crippen LogP contribution in [-0.4, -0.2) is 101 Å². The number of hydrogen-bond donors (Lipinski definition) is 5. The summed E-state index contributed by atoms with van der Waals surface area (Å²) in [6.45, 7) is 5.18. The normalized spacial score (nSPS) is 19.6. The zero-order chi connectivity index (χ0) is 36.9. The Hall–Kier alpha value is -4.13. The lowest BCUT2D eigenvalue weighted by Crippen LogP contribution is -2.60. The molecular formula is C39H56N6O6. The molecule has 2 saturated heterocycles. The molecule has 2 aromatic rings. The average Bonchev–Trinajstić information content (AvgIpc) is 3.31. The maximum atomic E-state index is 14.1. The lowest BCUT2D eigenvalue weighted by molar-refractivity contribution is -0.143. The Morgan fingerprint density at radius 2 is 1.39 bits per heavy atom. The maximum Gasteiger partial charge on any atom is 0.317 e. The number of hydrogen-bond acceptors (Lipinski definition) is 8. The summed E-state index contributed by atoms with van der Waals surface area (Å²) < 4.78 is 0. The van der Waals surface area contributed by atoms with Crippen LogP contribution in [0.4, 0.5) is 0 Å². The second-order valence-electron chi connectivity index (χ2n) is 14.6. The van der Waals surface area contributed by atoms with Crippen LogP contribution >= 0.6 is 0 Å². The first-order valence-corrected chi connectivity index (χ1v) is 18.4. The molecule has 2 aromatic carbocycles. The van der Waals surface area contributed by atoms with Crippen LogP contribution in [0.5, 0.6) is 0 Å². The maximum absolute atomic E-state index is 14.1. The smallest absolute Gasteiger partial charge is 0.317 e. The molecule has 2 fully saturated rings. The number of rotatable bonds is 20. The Labute approximate surface area is 301 Å². The summed E-state index contributed by atoms with van der Waals surface area (Å²) in [4.78, 5) is 70.6. The highest BCUT2D eigenvalue weighted by Gasteiger charge is 2.43. The predicted octanol–water partition coefficient (Wildman–Crippen LogP) is 2.28. The van der Waals surface area contributed by atoms with Gasteiger partial charge in [0.05, 0.1) is 18.6 Å². The number of carboxylic acid groups (broad SMARTS) is 1. The summed E-state index contributed by atoms with van der Waals surface area (Å²) >= 11 is 0. The number of unbranched alkanes of at least 4 members (excludes halogenated alkanes) is 1. The van der Waals surface area contributed by atoms with Gasteiger partial charge in [0.2, 0.25) is 17.7 Å². The van der Waals surface area contributed by atoms with Gasteiger partial charge in [-0.25, -0.2) is 0 Å². The first kappa shape index (κ1) is 39.7. The van der Waals surface area contributed by atoms with E-state index in [-0.39, 0.29) is 55.0 Å². The van der Waals surface area contributed by atoms with Crippen molar-refractivity contribution in [2.24, 2.45) is 23.3 Å². The Bertz CT molecular complexity index is 1440. The topological polar surface area (TPSA) is 188 Å². The van der Waals surface area contributed by atoms with E-state index in [2.05, 4.69) is 10.6 Å². The number of aliphatic carboxylic acids is 1. The van der Waals surface area contributed by atoms with Crippen molar-refractivity contribution < 1.29 is 29.1 Å². The minimum Gasteiger partial charge on any atom is -0.480 e. The van der Waals surface area contributed by atoms with Crippen molar-refractivity contribution in [3.8, 4) is 0 Å². The molecule has 4 rings (SSSR count). The standard InChI is InChI=1S/C39H56N6O6/c1-26(2)19-29(22-35(46)34(21-28-13-7-4-8-14-28)43-38(50)32(41)20-27-11-5-3-6-12-27)37(49)42-33(15-9-10-18-40)39(51)44-23-30-16-17-31(24-44)45(30)25-36(47)48/h3-8,11-14,26,29-34H,9-10,15-25,40-41H2,1-2H3,(H,42,49)(H,43,50)(H,47,48). The van der Waals surface area contributed by atoms with E-state index < -0.39 is 35.9 Å². The number of carboxylic acids is 1. The third-order valence-corrected chi connectivity index (χ3v) is 10.0. The summed E-state index contributed by atoms with van der Waals surface area (Å²) in [6, 6.07) is 16.2. The van der Waals surface area contributed by atoms with Gasteiger partial charge < -0.3 is 32.1 Å². The molecule has 2 aliphatic rings. The van der Waals surface area contributed by atoms with Gasteiger partial charge in [0.15, 0.2) is 5.78 Å². The Morgan fingerprint density at radius 1 is 0.824 bits per heavy atom. The number of nitrogens with one attached hydrogen (secondary N) is 2. The molecular weight excluding hydrogens is 648 g/mol. The monoisotopic (exact) mass is 704 g/mol. The Balaban J connectivity index is 1.48. The van der Waals surface area contributed by atoms with Crippen LogP contribution in [0, 0.1) is 11.8 Å². The van der Waals surface area contributed by atoms with Gasteiger partial charge >= 0.3 is 5.97 Å². The van der Waals surface area contributed by atoms with Crippen molar-refractivity contribution in [2.45, 2.75) is 102 Å². The number of amides is 3. The number of benzene rings is 2. The summed E-state index contributed by atoms with van der Waals surface area (Å²) in [5, 5.41) is 15.3. The van der Waals surface area contributed by atoms with Gasteiger partial charge in [-0.05, 0) is 75.0 Å². The number of carbonyl (C=O) groups excluding carboxylic acids is 4. The van der Waals surface area contributed by atoms with Gasteiger partial charge in [0, 0.05) is 37.5 Å². The second-order valence-corrected chi connectivity index (χ2v) is 14.6. The van der Waals surface area contributed by atoms with E-state index in [1.54, 1.807) is 4.90 Å². The summed E-state index contributed by atoms with van der Waals surface area (Å²) in [7, 11) is 0. The van der Waals surface area contributed by atoms with Crippen LogP contribution in [0.15, 0.2) is 60.7 Å². The molecule has 2 aliphatic heterocycles. The fourth-order valence-electron chi connectivity index (χ4n) is 7.42. The zero-order valence-electron chi connectivity index (χ0n) is 30.0. The van der Waals surface area contributed by atoms with Crippen LogP contribution < -0.4 is 22.1 Å². The van der Waals surface area contributed by atoms with Gasteiger partial charge in [-0.3, -0.25) is 28.9 Å². The highest BCUT2D eigenvalue weighted by Crippen LogP contribution is 2.30. The van der Waals surface area contributed by atoms with Crippen molar-refractivity contribution >= 4 is 29.5 Å². The molecule has 0 aliphatic carbocycles. The van der Waals surface area contributed by atoms with E-state index in [1.165, 1.54) is 0 Å². The van der Waals surface area contributed by atoms with Gasteiger partial charge in [-0.1, -0.05) is 74.5 Å². The van der Waals surface area contributed by atoms with Crippen LogP contribution in [-0.2, 0) is 36.8 Å². The molecule has 51 heavy (non-hydrogen) atoms. The van der Waals surface area contributed by atoms with E-state index in [0.717, 1.165) is 24.0 Å². The van der Waals surface area contributed by atoms with E-state index in [4.69, 9.17) is 11.5 Å². The van der Waals surface area contributed by atoms with Crippen molar-refractivity contribution in [2.75, 3.05) is 26.2 Å². The van der Waals surface area contributed by atoms with Crippen LogP contribution in [0.1, 0.15) is 69.9 Å². The molecule has 0 saturated carbocycles. The molecule has 2 heterocycles. The average molecular weight is 705 g/mol. The largest absolute Gasteiger partial charge is 0.480 e. The molecule has 0 aromatic heterocycles.